The largest absolute Gasteiger partial charge is 0.381 e. The molecule has 0 radical (unpaired) electrons. The van der Waals surface area contributed by atoms with Gasteiger partial charge in [0, 0.05) is 32.8 Å². The summed E-state index contributed by atoms with van der Waals surface area (Å²) >= 11 is 0. The summed E-state index contributed by atoms with van der Waals surface area (Å²) in [4.78, 5) is 14.9. The van der Waals surface area contributed by atoms with Gasteiger partial charge >= 0.3 is 0 Å². The number of nitrogens with zero attached hydrogens (tertiary/aromatic N) is 1. The molecule has 2 rings (SSSR count). The van der Waals surface area contributed by atoms with Crippen molar-refractivity contribution >= 4 is 30.7 Å². The van der Waals surface area contributed by atoms with Crippen molar-refractivity contribution < 1.29 is 9.53 Å². The lowest BCUT2D eigenvalue weighted by molar-refractivity contribution is -0.136. The molecule has 0 saturated carbocycles. The predicted octanol–water partition coefficient (Wildman–Crippen LogP) is 2.74. The summed E-state index contributed by atoms with van der Waals surface area (Å²) in [5.41, 5.74) is 7.84. The maximum absolute atomic E-state index is 12.6. The number of carbonyl (C=O) groups excluding carboxylic acids is 1. The molecule has 0 aromatic heterocycles. The van der Waals surface area contributed by atoms with E-state index in [4.69, 9.17) is 10.5 Å². The maximum atomic E-state index is 12.6. The minimum atomic E-state index is -0.457. The first-order valence-electron chi connectivity index (χ1n) is 9.00. The number of hydrogen-bond acceptors (Lipinski definition) is 4. The number of carbonyl (C=O) groups is 1. The quantitative estimate of drug-likeness (QED) is 0.697. The zero-order valence-corrected chi connectivity index (χ0v) is 17.5. The first-order valence-corrected chi connectivity index (χ1v) is 9.00. The van der Waals surface area contributed by atoms with Gasteiger partial charge in [0.1, 0.15) is 0 Å². The molecule has 3 N–H and O–H groups in total. The molecule has 1 aromatic rings. The van der Waals surface area contributed by atoms with Crippen molar-refractivity contribution in [3.63, 3.8) is 0 Å². The van der Waals surface area contributed by atoms with Crippen molar-refractivity contribution in [3.8, 4) is 0 Å². The second-order valence-electron chi connectivity index (χ2n) is 6.56. The van der Waals surface area contributed by atoms with Gasteiger partial charge in [0.05, 0.1) is 5.41 Å². The van der Waals surface area contributed by atoms with E-state index in [2.05, 4.69) is 48.3 Å². The Labute approximate surface area is 169 Å². The third-order valence-electron chi connectivity index (χ3n) is 5.10. The molecule has 26 heavy (non-hydrogen) atoms. The second kappa shape index (κ2) is 12.5. The summed E-state index contributed by atoms with van der Waals surface area (Å²) in [5, 5.41) is 3.06. The normalized spacial score (nSPS) is 15.7. The van der Waals surface area contributed by atoms with Crippen LogP contribution in [0.4, 0.5) is 0 Å². The average molecular weight is 406 g/mol. The molecule has 7 heteroatoms. The number of halogens is 2. The van der Waals surface area contributed by atoms with Crippen LogP contribution in [0.25, 0.3) is 0 Å². The lowest BCUT2D eigenvalue weighted by atomic mass is 9.79. The van der Waals surface area contributed by atoms with Gasteiger partial charge in [-0.2, -0.15) is 0 Å². The van der Waals surface area contributed by atoms with Crippen LogP contribution >= 0.6 is 24.8 Å². The van der Waals surface area contributed by atoms with Gasteiger partial charge < -0.3 is 15.8 Å². The Morgan fingerprint density at radius 2 is 1.65 bits per heavy atom. The zero-order valence-electron chi connectivity index (χ0n) is 15.8. The Morgan fingerprint density at radius 3 is 2.15 bits per heavy atom. The lowest BCUT2D eigenvalue weighted by Crippen LogP contribution is -2.48. The van der Waals surface area contributed by atoms with E-state index in [0.717, 1.165) is 25.2 Å². The maximum Gasteiger partial charge on any atom is 0.227 e. The van der Waals surface area contributed by atoms with E-state index in [9.17, 15) is 4.79 Å². The zero-order chi connectivity index (χ0) is 17.4. The van der Waals surface area contributed by atoms with Gasteiger partial charge in [-0.15, -0.1) is 24.8 Å². The minimum Gasteiger partial charge on any atom is -0.381 e. The Hall–Kier alpha value is -0.850. The van der Waals surface area contributed by atoms with E-state index in [1.54, 1.807) is 0 Å². The fourth-order valence-corrected chi connectivity index (χ4v) is 3.12. The summed E-state index contributed by atoms with van der Waals surface area (Å²) in [6.07, 6.45) is 1.41. The van der Waals surface area contributed by atoms with Crippen molar-refractivity contribution in [2.75, 3.05) is 32.8 Å². The number of hydrogen-bond donors (Lipinski definition) is 2. The SMILES string of the molecule is CCN(CC)Cc1ccc(CNC(=O)C2(CN)CCOCC2)cc1.Cl.Cl. The van der Waals surface area contributed by atoms with Crippen molar-refractivity contribution in [1.82, 2.24) is 10.2 Å². The monoisotopic (exact) mass is 405 g/mol. The molecule has 0 spiro atoms. The first-order chi connectivity index (χ1) is 11.6. The van der Waals surface area contributed by atoms with E-state index in [-0.39, 0.29) is 30.7 Å². The predicted molar refractivity (Wildman–Crippen MR) is 111 cm³/mol. The third kappa shape index (κ3) is 6.71. The van der Waals surface area contributed by atoms with E-state index in [1.807, 2.05) is 0 Å². The minimum absolute atomic E-state index is 0. The van der Waals surface area contributed by atoms with E-state index < -0.39 is 5.41 Å². The Balaban J connectivity index is 0.00000312. The van der Waals surface area contributed by atoms with Crippen LogP contribution in [0.15, 0.2) is 24.3 Å². The van der Waals surface area contributed by atoms with Crippen LogP contribution in [-0.4, -0.2) is 43.7 Å². The summed E-state index contributed by atoms with van der Waals surface area (Å²) in [5.74, 6) is 0.0560. The van der Waals surface area contributed by atoms with Gasteiger partial charge in [-0.1, -0.05) is 38.1 Å². The van der Waals surface area contributed by atoms with Crippen LogP contribution in [0.2, 0.25) is 0 Å². The van der Waals surface area contributed by atoms with E-state index in [1.165, 1.54) is 5.56 Å². The van der Waals surface area contributed by atoms with Crippen molar-refractivity contribution in [2.45, 2.75) is 39.8 Å². The van der Waals surface area contributed by atoms with Gasteiger partial charge in [0.25, 0.3) is 0 Å². The number of nitrogens with two attached hydrogens (primary N) is 1. The molecule has 1 saturated heterocycles. The number of benzene rings is 1. The smallest absolute Gasteiger partial charge is 0.227 e. The standard InChI is InChI=1S/C19H31N3O2.2ClH/c1-3-22(4-2)14-17-7-5-16(6-8-17)13-21-18(23)19(15-20)9-11-24-12-10-19;;/h5-8H,3-4,9-15,20H2,1-2H3,(H,21,23);2*1H. The van der Waals surface area contributed by atoms with Crippen LogP contribution in [0.1, 0.15) is 37.8 Å². The van der Waals surface area contributed by atoms with Crippen LogP contribution in [-0.2, 0) is 22.6 Å². The molecule has 1 aliphatic rings. The Bertz CT molecular complexity index is 516. The molecule has 0 atom stereocenters. The van der Waals surface area contributed by atoms with Gasteiger partial charge in [-0.25, -0.2) is 0 Å². The Morgan fingerprint density at radius 1 is 1.12 bits per heavy atom. The highest BCUT2D eigenvalue weighted by atomic mass is 35.5. The fourth-order valence-electron chi connectivity index (χ4n) is 3.12. The molecule has 0 unspecified atom stereocenters. The molecule has 0 bridgehead atoms. The van der Waals surface area contributed by atoms with Crippen molar-refractivity contribution in [1.29, 1.82) is 0 Å². The average Bonchev–Trinajstić information content (AvgIpc) is 2.65. The van der Waals surface area contributed by atoms with Gasteiger partial charge in [0.15, 0.2) is 0 Å². The molecule has 1 fully saturated rings. The number of rotatable bonds is 8. The van der Waals surface area contributed by atoms with E-state index in [0.29, 0.717) is 39.1 Å². The highest BCUT2D eigenvalue weighted by Gasteiger charge is 2.38. The highest BCUT2D eigenvalue weighted by Crippen LogP contribution is 2.29. The molecule has 0 aliphatic carbocycles. The van der Waals surface area contributed by atoms with Crippen LogP contribution in [0.5, 0.6) is 0 Å². The Kier molecular flexibility index (Phi) is 12.1. The highest BCUT2D eigenvalue weighted by molar-refractivity contribution is 5.85. The molecule has 5 nitrogen and oxygen atoms in total. The lowest BCUT2D eigenvalue weighted by Gasteiger charge is -2.34. The summed E-state index contributed by atoms with van der Waals surface area (Å²) in [6, 6.07) is 8.48. The first kappa shape index (κ1) is 25.1. The van der Waals surface area contributed by atoms with Crippen LogP contribution < -0.4 is 11.1 Å². The van der Waals surface area contributed by atoms with Crippen LogP contribution in [0.3, 0.4) is 0 Å². The molecule has 1 heterocycles. The summed E-state index contributed by atoms with van der Waals surface area (Å²) in [6.45, 7) is 9.59. The molecular weight excluding hydrogens is 373 g/mol. The number of nitrogens with one attached hydrogen (secondary N) is 1. The molecule has 1 aromatic carbocycles. The molecule has 1 amide bonds. The van der Waals surface area contributed by atoms with Gasteiger partial charge in [-0.3, -0.25) is 9.69 Å². The molecule has 150 valence electrons. The summed E-state index contributed by atoms with van der Waals surface area (Å²) in [7, 11) is 0. The van der Waals surface area contributed by atoms with Crippen LogP contribution in [0, 0.1) is 5.41 Å². The number of ether oxygens (including phenoxy) is 1. The topological polar surface area (TPSA) is 67.6 Å². The molecular formula is C19H33Cl2N3O2. The van der Waals surface area contributed by atoms with Crippen molar-refractivity contribution in [2.24, 2.45) is 11.1 Å². The van der Waals surface area contributed by atoms with Gasteiger partial charge in [0.2, 0.25) is 5.91 Å². The number of amides is 1. The molecule has 1 aliphatic heterocycles. The van der Waals surface area contributed by atoms with Crippen molar-refractivity contribution in [3.05, 3.63) is 35.4 Å². The van der Waals surface area contributed by atoms with Gasteiger partial charge in [-0.05, 0) is 37.1 Å². The second-order valence-corrected chi connectivity index (χ2v) is 6.56. The van der Waals surface area contributed by atoms with E-state index >= 15 is 0 Å². The fraction of sp³-hybridized carbons (Fsp3) is 0.632. The summed E-state index contributed by atoms with van der Waals surface area (Å²) < 4.78 is 5.36. The third-order valence-corrected chi connectivity index (χ3v) is 5.10.